The molecule has 2 rings (SSSR count). The van der Waals surface area contributed by atoms with Crippen molar-refractivity contribution in [1.82, 2.24) is 10.6 Å². The minimum atomic E-state index is -0.774. The minimum Gasteiger partial charge on any atom is -0.467 e. The molecular formula is C20H21BrN2O4. The number of amides is 2. The molecule has 2 aromatic rings. The van der Waals surface area contributed by atoms with E-state index in [9.17, 15) is 14.4 Å². The first kappa shape index (κ1) is 20.6. The third-order valence-corrected chi connectivity index (χ3v) is 4.55. The number of rotatable bonds is 8. The summed E-state index contributed by atoms with van der Waals surface area (Å²) in [6.07, 6.45) is 0.390. The average molecular weight is 433 g/mol. The van der Waals surface area contributed by atoms with Crippen molar-refractivity contribution in [2.75, 3.05) is 13.7 Å². The first-order chi connectivity index (χ1) is 13.0. The third kappa shape index (κ3) is 6.53. The molecule has 2 aromatic carbocycles. The number of carbonyl (C=O) groups excluding carboxylic acids is 3. The second-order valence-electron chi connectivity index (χ2n) is 5.82. The molecule has 1 atom stereocenters. The zero-order chi connectivity index (χ0) is 19.6. The third-order valence-electron chi connectivity index (χ3n) is 3.86. The molecule has 0 radical (unpaired) electrons. The van der Waals surface area contributed by atoms with Gasteiger partial charge in [0, 0.05) is 23.9 Å². The Morgan fingerprint density at radius 3 is 2.37 bits per heavy atom. The second-order valence-corrected chi connectivity index (χ2v) is 6.67. The standard InChI is InChI=1S/C20H21BrN2O4/c1-27-20(26)17(13-14-7-3-2-4-8-14)23-18(24)11-12-22-19(25)15-9-5-6-10-16(15)21/h2-10,17H,11-13H2,1H3,(H,22,25)(H,23,24)/t17-/m1/s1. The maximum atomic E-state index is 12.2. The van der Waals surface area contributed by atoms with Gasteiger partial charge in [0.05, 0.1) is 12.7 Å². The quantitative estimate of drug-likeness (QED) is 0.627. The number of hydrogen-bond donors (Lipinski definition) is 2. The monoisotopic (exact) mass is 432 g/mol. The van der Waals surface area contributed by atoms with Gasteiger partial charge in [-0.25, -0.2) is 4.79 Å². The van der Waals surface area contributed by atoms with Gasteiger partial charge in [-0.2, -0.15) is 0 Å². The molecule has 0 spiro atoms. The largest absolute Gasteiger partial charge is 0.467 e. The molecule has 0 aliphatic heterocycles. The van der Waals surface area contributed by atoms with Crippen LogP contribution in [-0.2, 0) is 20.7 Å². The Morgan fingerprint density at radius 1 is 1.04 bits per heavy atom. The number of hydrogen-bond acceptors (Lipinski definition) is 4. The van der Waals surface area contributed by atoms with Gasteiger partial charge in [0.1, 0.15) is 6.04 Å². The van der Waals surface area contributed by atoms with Crippen LogP contribution in [0.25, 0.3) is 0 Å². The summed E-state index contributed by atoms with van der Waals surface area (Å²) in [5.74, 6) is -1.12. The molecule has 0 aliphatic rings. The van der Waals surface area contributed by atoms with Gasteiger partial charge >= 0.3 is 5.97 Å². The Kier molecular flexibility index (Phi) is 8.00. The lowest BCUT2D eigenvalue weighted by molar-refractivity contribution is -0.145. The molecule has 0 saturated carbocycles. The molecule has 2 amide bonds. The Morgan fingerprint density at radius 2 is 1.70 bits per heavy atom. The van der Waals surface area contributed by atoms with Gasteiger partial charge in [-0.3, -0.25) is 9.59 Å². The SMILES string of the molecule is COC(=O)[C@@H](Cc1ccccc1)NC(=O)CCNC(=O)c1ccccc1Br. The zero-order valence-electron chi connectivity index (χ0n) is 14.9. The van der Waals surface area contributed by atoms with Crippen molar-refractivity contribution < 1.29 is 19.1 Å². The fourth-order valence-electron chi connectivity index (χ4n) is 2.48. The summed E-state index contributed by atoms with van der Waals surface area (Å²) in [5.41, 5.74) is 1.41. The van der Waals surface area contributed by atoms with Crippen LogP contribution in [0.2, 0.25) is 0 Å². The number of esters is 1. The van der Waals surface area contributed by atoms with E-state index in [1.54, 1.807) is 18.2 Å². The Hall–Kier alpha value is -2.67. The predicted octanol–water partition coefficient (Wildman–Crippen LogP) is 2.47. The fourth-order valence-corrected chi connectivity index (χ4v) is 2.95. The molecule has 2 N–H and O–H groups in total. The van der Waals surface area contributed by atoms with Crippen LogP contribution < -0.4 is 10.6 Å². The first-order valence-corrected chi connectivity index (χ1v) is 9.24. The van der Waals surface area contributed by atoms with Crippen molar-refractivity contribution in [3.05, 3.63) is 70.2 Å². The highest BCUT2D eigenvalue weighted by molar-refractivity contribution is 9.10. The molecule has 6 nitrogen and oxygen atoms in total. The van der Waals surface area contributed by atoms with Gasteiger partial charge in [0.15, 0.2) is 0 Å². The van der Waals surface area contributed by atoms with Gasteiger partial charge in [0.2, 0.25) is 5.91 Å². The smallest absolute Gasteiger partial charge is 0.328 e. The highest BCUT2D eigenvalue weighted by atomic mass is 79.9. The van der Waals surface area contributed by atoms with E-state index in [4.69, 9.17) is 4.74 Å². The molecule has 0 heterocycles. The van der Waals surface area contributed by atoms with E-state index in [1.165, 1.54) is 7.11 Å². The van der Waals surface area contributed by atoms with Gasteiger partial charge in [-0.15, -0.1) is 0 Å². The van der Waals surface area contributed by atoms with E-state index in [-0.39, 0.29) is 24.8 Å². The normalized spacial score (nSPS) is 11.3. The zero-order valence-corrected chi connectivity index (χ0v) is 16.5. The summed E-state index contributed by atoms with van der Waals surface area (Å²) in [5, 5.41) is 5.36. The van der Waals surface area contributed by atoms with Crippen LogP contribution in [0.5, 0.6) is 0 Å². The maximum Gasteiger partial charge on any atom is 0.328 e. The van der Waals surface area contributed by atoms with Crippen molar-refractivity contribution in [1.29, 1.82) is 0 Å². The Balaban J connectivity index is 1.85. The summed E-state index contributed by atoms with van der Waals surface area (Å²) in [4.78, 5) is 36.2. The lowest BCUT2D eigenvalue weighted by atomic mass is 10.1. The lowest BCUT2D eigenvalue weighted by Gasteiger charge is -2.17. The molecule has 142 valence electrons. The first-order valence-electron chi connectivity index (χ1n) is 8.45. The molecule has 0 aromatic heterocycles. The van der Waals surface area contributed by atoms with Crippen molar-refractivity contribution >= 4 is 33.7 Å². The number of nitrogens with one attached hydrogen (secondary N) is 2. The molecular weight excluding hydrogens is 412 g/mol. The van der Waals surface area contributed by atoms with Crippen LogP contribution in [0, 0.1) is 0 Å². The molecule has 0 bridgehead atoms. The highest BCUT2D eigenvalue weighted by Crippen LogP contribution is 2.15. The topological polar surface area (TPSA) is 84.5 Å². The van der Waals surface area contributed by atoms with Gasteiger partial charge < -0.3 is 15.4 Å². The summed E-state index contributed by atoms with van der Waals surface area (Å²) in [6.45, 7) is 0.158. The van der Waals surface area contributed by atoms with E-state index in [0.717, 1.165) is 5.56 Å². The van der Waals surface area contributed by atoms with E-state index in [0.29, 0.717) is 16.5 Å². The summed E-state index contributed by atoms with van der Waals surface area (Å²) in [6, 6.07) is 15.6. The van der Waals surface area contributed by atoms with Gasteiger partial charge in [-0.1, -0.05) is 42.5 Å². The van der Waals surface area contributed by atoms with Crippen LogP contribution in [0.1, 0.15) is 22.3 Å². The van der Waals surface area contributed by atoms with Crippen LogP contribution in [0.4, 0.5) is 0 Å². The van der Waals surface area contributed by atoms with Crippen molar-refractivity contribution in [2.45, 2.75) is 18.9 Å². The van der Waals surface area contributed by atoms with E-state index < -0.39 is 12.0 Å². The summed E-state index contributed by atoms with van der Waals surface area (Å²) in [7, 11) is 1.28. The highest BCUT2D eigenvalue weighted by Gasteiger charge is 2.21. The van der Waals surface area contributed by atoms with E-state index >= 15 is 0 Å². The molecule has 0 saturated heterocycles. The van der Waals surface area contributed by atoms with Crippen molar-refractivity contribution in [3.63, 3.8) is 0 Å². The second kappa shape index (κ2) is 10.5. The number of ether oxygens (including phenoxy) is 1. The van der Waals surface area contributed by atoms with Crippen molar-refractivity contribution in [2.24, 2.45) is 0 Å². The Labute approximate surface area is 166 Å². The molecule has 27 heavy (non-hydrogen) atoms. The Bertz CT molecular complexity index is 796. The van der Waals surface area contributed by atoms with Crippen LogP contribution in [-0.4, -0.2) is 37.5 Å². The average Bonchev–Trinajstić information content (AvgIpc) is 2.68. The number of methoxy groups -OCH3 is 1. The molecule has 7 heteroatoms. The van der Waals surface area contributed by atoms with Crippen LogP contribution in [0.15, 0.2) is 59.1 Å². The molecule has 0 aliphatic carbocycles. The summed E-state index contributed by atoms with van der Waals surface area (Å²) < 4.78 is 5.45. The van der Waals surface area contributed by atoms with Gasteiger partial charge in [0.25, 0.3) is 5.91 Å². The van der Waals surface area contributed by atoms with Crippen molar-refractivity contribution in [3.8, 4) is 0 Å². The minimum absolute atomic E-state index is 0.0540. The van der Waals surface area contributed by atoms with E-state index in [2.05, 4.69) is 26.6 Å². The number of halogens is 1. The maximum absolute atomic E-state index is 12.2. The van der Waals surface area contributed by atoms with E-state index in [1.807, 2.05) is 36.4 Å². The van der Waals surface area contributed by atoms with Gasteiger partial charge in [-0.05, 0) is 33.6 Å². The number of carbonyl (C=O) groups is 3. The molecule has 0 unspecified atom stereocenters. The lowest BCUT2D eigenvalue weighted by Crippen LogP contribution is -2.44. The fraction of sp³-hybridized carbons (Fsp3) is 0.250. The predicted molar refractivity (Wildman–Crippen MR) is 105 cm³/mol. The molecule has 0 fully saturated rings. The van der Waals surface area contributed by atoms with Crippen LogP contribution >= 0.6 is 15.9 Å². The van der Waals surface area contributed by atoms with Crippen LogP contribution in [0.3, 0.4) is 0 Å². The number of benzene rings is 2. The summed E-state index contributed by atoms with van der Waals surface area (Å²) >= 11 is 3.31.